The summed E-state index contributed by atoms with van der Waals surface area (Å²) in [5.41, 5.74) is 0.853. The van der Waals surface area contributed by atoms with Crippen molar-refractivity contribution >= 4 is 27.3 Å². The van der Waals surface area contributed by atoms with Gasteiger partial charge < -0.3 is 5.32 Å². The van der Waals surface area contributed by atoms with Crippen LogP contribution in [0.4, 0.5) is 4.39 Å². The summed E-state index contributed by atoms with van der Waals surface area (Å²) >= 11 is 1.33. The molecule has 1 aliphatic rings. The maximum Gasteiger partial charge on any atom is 0.261 e. The second-order valence-electron chi connectivity index (χ2n) is 6.10. The Morgan fingerprint density at radius 2 is 1.96 bits per heavy atom. The second kappa shape index (κ2) is 7.23. The van der Waals surface area contributed by atoms with Crippen LogP contribution in [0, 0.1) is 5.82 Å². The lowest BCUT2D eigenvalue weighted by Gasteiger charge is -2.31. The van der Waals surface area contributed by atoms with Crippen LogP contribution in [0.3, 0.4) is 0 Å². The van der Waals surface area contributed by atoms with Crippen molar-refractivity contribution in [3.8, 4) is 10.4 Å². The lowest BCUT2D eigenvalue weighted by Crippen LogP contribution is -2.49. The number of nitrogens with one attached hydrogen (secondary N) is 1. The second-order valence-corrected chi connectivity index (χ2v) is 9.17. The molecule has 2 heterocycles. The molecule has 1 N–H and O–H groups in total. The molecular formula is C17H19FN2O3S2. The van der Waals surface area contributed by atoms with E-state index in [1.165, 1.54) is 34.0 Å². The Bertz CT molecular complexity index is 862. The molecule has 1 fully saturated rings. The van der Waals surface area contributed by atoms with Crippen LogP contribution in [-0.2, 0) is 10.0 Å². The van der Waals surface area contributed by atoms with Crippen LogP contribution < -0.4 is 5.32 Å². The quantitative estimate of drug-likeness (QED) is 0.884. The number of carbonyl (C=O) groups excluding carboxylic acids is 1. The molecule has 3 rings (SSSR count). The van der Waals surface area contributed by atoms with Crippen molar-refractivity contribution < 1.29 is 17.6 Å². The first-order chi connectivity index (χ1) is 11.8. The van der Waals surface area contributed by atoms with Gasteiger partial charge in [-0.15, -0.1) is 11.3 Å². The molecule has 25 heavy (non-hydrogen) atoms. The lowest BCUT2D eigenvalue weighted by molar-refractivity contribution is 0.0925. The van der Waals surface area contributed by atoms with Crippen LogP contribution in [0.5, 0.6) is 0 Å². The first-order valence-electron chi connectivity index (χ1n) is 7.95. The molecule has 2 aromatic rings. The highest BCUT2D eigenvalue weighted by molar-refractivity contribution is 7.88. The van der Waals surface area contributed by atoms with Crippen LogP contribution in [0.2, 0.25) is 0 Å². The molecule has 134 valence electrons. The van der Waals surface area contributed by atoms with Crippen molar-refractivity contribution in [3.63, 3.8) is 0 Å². The summed E-state index contributed by atoms with van der Waals surface area (Å²) in [4.78, 5) is 13.9. The van der Waals surface area contributed by atoms with E-state index in [1.54, 1.807) is 18.2 Å². The molecule has 1 aliphatic heterocycles. The highest BCUT2D eigenvalue weighted by Gasteiger charge is 2.27. The zero-order valence-electron chi connectivity index (χ0n) is 13.7. The Kier molecular flexibility index (Phi) is 5.21. The maximum atomic E-state index is 13.0. The smallest absolute Gasteiger partial charge is 0.261 e. The van der Waals surface area contributed by atoms with Crippen molar-refractivity contribution in [2.45, 2.75) is 18.9 Å². The zero-order valence-corrected chi connectivity index (χ0v) is 15.4. The number of hydrogen-bond acceptors (Lipinski definition) is 4. The van der Waals surface area contributed by atoms with Crippen LogP contribution in [0.1, 0.15) is 22.5 Å². The van der Waals surface area contributed by atoms with Gasteiger partial charge in [-0.05, 0) is 42.7 Å². The van der Waals surface area contributed by atoms with E-state index in [-0.39, 0.29) is 17.8 Å². The predicted octanol–water partition coefficient (Wildman–Crippen LogP) is 2.71. The summed E-state index contributed by atoms with van der Waals surface area (Å²) in [6.07, 6.45) is 2.67. The Morgan fingerprint density at radius 1 is 1.24 bits per heavy atom. The standard InChI is InChI=1S/C17H19FN2O3S2/c1-25(22,23)20-10-2-3-14(11-20)19-17(21)16-9-8-15(24-16)12-4-6-13(18)7-5-12/h4-9,14H,2-3,10-11H2,1H3,(H,19,21). The third kappa shape index (κ3) is 4.45. The molecule has 1 atom stereocenters. The predicted molar refractivity (Wildman–Crippen MR) is 96.6 cm³/mol. The van der Waals surface area contributed by atoms with E-state index >= 15 is 0 Å². The van der Waals surface area contributed by atoms with Gasteiger partial charge in [-0.1, -0.05) is 12.1 Å². The van der Waals surface area contributed by atoms with Gasteiger partial charge in [-0.2, -0.15) is 0 Å². The number of hydrogen-bond donors (Lipinski definition) is 1. The van der Waals surface area contributed by atoms with Gasteiger partial charge in [0.15, 0.2) is 0 Å². The molecule has 1 saturated heterocycles. The van der Waals surface area contributed by atoms with Crippen molar-refractivity contribution in [3.05, 3.63) is 47.1 Å². The zero-order chi connectivity index (χ0) is 18.0. The number of nitrogens with zero attached hydrogens (tertiary/aromatic N) is 1. The first-order valence-corrected chi connectivity index (χ1v) is 10.6. The van der Waals surface area contributed by atoms with E-state index in [1.807, 2.05) is 6.07 Å². The van der Waals surface area contributed by atoms with Gasteiger partial charge in [-0.3, -0.25) is 4.79 Å². The summed E-state index contributed by atoms with van der Waals surface area (Å²) in [6, 6.07) is 9.49. The normalized spacial score (nSPS) is 18.9. The van der Waals surface area contributed by atoms with Crippen molar-refractivity contribution in [1.82, 2.24) is 9.62 Å². The Morgan fingerprint density at radius 3 is 2.64 bits per heavy atom. The van der Waals surface area contributed by atoms with Crippen molar-refractivity contribution in [2.75, 3.05) is 19.3 Å². The third-order valence-corrected chi connectivity index (χ3v) is 6.55. The number of rotatable bonds is 4. The Labute approximate surface area is 150 Å². The fourth-order valence-corrected chi connectivity index (χ4v) is 4.67. The minimum absolute atomic E-state index is 0.188. The fourth-order valence-electron chi connectivity index (χ4n) is 2.85. The lowest BCUT2D eigenvalue weighted by atomic mass is 10.1. The van der Waals surface area contributed by atoms with Gasteiger partial charge in [0.25, 0.3) is 5.91 Å². The minimum atomic E-state index is -3.24. The van der Waals surface area contributed by atoms with Crippen LogP contribution in [0.25, 0.3) is 10.4 Å². The summed E-state index contributed by atoms with van der Waals surface area (Å²) in [5, 5.41) is 2.92. The number of piperidine rings is 1. The van der Waals surface area contributed by atoms with Gasteiger partial charge in [-0.25, -0.2) is 17.1 Å². The molecule has 5 nitrogen and oxygen atoms in total. The minimum Gasteiger partial charge on any atom is -0.347 e. The number of halogens is 1. The molecule has 0 aliphatic carbocycles. The Balaban J connectivity index is 1.67. The number of benzene rings is 1. The first kappa shape index (κ1) is 18.0. The summed E-state index contributed by atoms with van der Waals surface area (Å²) in [6.45, 7) is 0.805. The van der Waals surface area contributed by atoms with E-state index in [9.17, 15) is 17.6 Å². The van der Waals surface area contributed by atoms with Crippen LogP contribution in [-0.4, -0.2) is 44.0 Å². The molecule has 0 radical (unpaired) electrons. The highest BCUT2D eigenvalue weighted by atomic mass is 32.2. The number of sulfonamides is 1. The maximum absolute atomic E-state index is 13.0. The molecule has 0 saturated carbocycles. The molecular weight excluding hydrogens is 363 g/mol. The average Bonchev–Trinajstić information content (AvgIpc) is 3.05. The van der Waals surface area contributed by atoms with E-state index in [0.29, 0.717) is 18.0 Å². The fraction of sp³-hybridized carbons (Fsp3) is 0.353. The van der Waals surface area contributed by atoms with E-state index < -0.39 is 10.0 Å². The summed E-state index contributed by atoms with van der Waals surface area (Å²) in [7, 11) is -3.24. The van der Waals surface area contributed by atoms with E-state index in [0.717, 1.165) is 23.3 Å². The largest absolute Gasteiger partial charge is 0.347 e. The van der Waals surface area contributed by atoms with Gasteiger partial charge in [0.1, 0.15) is 5.82 Å². The summed E-state index contributed by atoms with van der Waals surface area (Å²) in [5.74, 6) is -0.510. The molecule has 1 unspecified atom stereocenters. The third-order valence-electron chi connectivity index (χ3n) is 4.15. The monoisotopic (exact) mass is 382 g/mol. The van der Waals surface area contributed by atoms with Gasteiger partial charge >= 0.3 is 0 Å². The number of amides is 1. The van der Waals surface area contributed by atoms with Crippen molar-refractivity contribution in [1.29, 1.82) is 0 Å². The average molecular weight is 382 g/mol. The Hall–Kier alpha value is -1.77. The number of carbonyl (C=O) groups is 1. The highest BCUT2D eigenvalue weighted by Crippen LogP contribution is 2.28. The number of thiophene rings is 1. The van der Waals surface area contributed by atoms with Crippen molar-refractivity contribution in [2.24, 2.45) is 0 Å². The van der Waals surface area contributed by atoms with Crippen LogP contribution in [0.15, 0.2) is 36.4 Å². The molecule has 1 aromatic heterocycles. The molecule has 8 heteroatoms. The van der Waals surface area contributed by atoms with Gasteiger partial charge in [0, 0.05) is 24.0 Å². The molecule has 1 aromatic carbocycles. The SMILES string of the molecule is CS(=O)(=O)N1CCCC(NC(=O)c2ccc(-c3ccc(F)cc3)s2)C1. The molecule has 0 bridgehead atoms. The van der Waals surface area contributed by atoms with E-state index in [4.69, 9.17) is 0 Å². The molecule has 1 amide bonds. The summed E-state index contributed by atoms with van der Waals surface area (Å²) < 4.78 is 37.7. The van der Waals surface area contributed by atoms with Gasteiger partial charge in [0.2, 0.25) is 10.0 Å². The van der Waals surface area contributed by atoms with Crippen LogP contribution >= 0.6 is 11.3 Å². The van der Waals surface area contributed by atoms with Gasteiger partial charge in [0.05, 0.1) is 11.1 Å². The topological polar surface area (TPSA) is 66.5 Å². The van der Waals surface area contributed by atoms with E-state index in [2.05, 4.69) is 5.32 Å². The molecule has 0 spiro atoms.